The van der Waals surface area contributed by atoms with E-state index in [0.717, 1.165) is 17.0 Å². The van der Waals surface area contributed by atoms with Crippen LogP contribution in [0.15, 0.2) is 41.0 Å². The van der Waals surface area contributed by atoms with E-state index < -0.39 is 0 Å². The highest BCUT2D eigenvalue weighted by molar-refractivity contribution is 6.31. The first kappa shape index (κ1) is 14.6. The second-order valence-corrected chi connectivity index (χ2v) is 5.93. The average molecular weight is 315 g/mol. The van der Waals surface area contributed by atoms with Crippen LogP contribution < -0.4 is 10.6 Å². The third-order valence-electron chi connectivity index (χ3n) is 3.91. The Bertz CT molecular complexity index is 698. The summed E-state index contributed by atoms with van der Waals surface area (Å²) in [4.78, 5) is 16.5. The van der Waals surface area contributed by atoms with Crippen molar-refractivity contribution in [2.24, 2.45) is 10.9 Å². The van der Waals surface area contributed by atoms with Gasteiger partial charge in [0, 0.05) is 28.2 Å². The van der Waals surface area contributed by atoms with E-state index in [0.29, 0.717) is 24.4 Å². The normalized spacial score (nSPS) is 22.9. The number of carbonyl (C=O) groups excluding carboxylic acids is 1. The summed E-state index contributed by atoms with van der Waals surface area (Å²) < 4.78 is 0. The lowest BCUT2D eigenvalue weighted by atomic mass is 9.79. The second-order valence-electron chi connectivity index (χ2n) is 5.49. The van der Waals surface area contributed by atoms with Gasteiger partial charge in [0.05, 0.1) is 12.3 Å². The molecule has 0 bridgehead atoms. The number of benzene rings is 1. The molecule has 22 heavy (non-hydrogen) atoms. The van der Waals surface area contributed by atoms with Gasteiger partial charge in [-0.05, 0) is 31.1 Å². The highest BCUT2D eigenvalue weighted by Crippen LogP contribution is 2.27. The van der Waals surface area contributed by atoms with Gasteiger partial charge in [-0.1, -0.05) is 23.7 Å². The van der Waals surface area contributed by atoms with E-state index in [-0.39, 0.29) is 17.9 Å². The van der Waals surface area contributed by atoms with Gasteiger partial charge in [-0.15, -0.1) is 0 Å². The number of nitrogens with one attached hydrogen (secondary N) is 2. The Hall–Kier alpha value is -2.32. The highest BCUT2D eigenvalue weighted by Gasteiger charge is 2.34. The summed E-state index contributed by atoms with van der Waals surface area (Å²) in [5.74, 6) is -0.0215. The minimum Gasteiger partial charge on any atom is -0.328 e. The Kier molecular flexibility index (Phi) is 4.12. The van der Waals surface area contributed by atoms with Crippen LogP contribution in [0.5, 0.6) is 0 Å². The van der Waals surface area contributed by atoms with Crippen molar-refractivity contribution < 1.29 is 4.79 Å². The smallest absolute Gasteiger partial charge is 0.227 e. The molecule has 5 nitrogen and oxygen atoms in total. The minimum absolute atomic E-state index is 0.00443. The van der Waals surface area contributed by atoms with Crippen LogP contribution in [0.1, 0.15) is 18.4 Å². The Morgan fingerprint density at radius 1 is 1.41 bits per heavy atom. The number of allylic oxidation sites excluding steroid dienone is 1. The number of halogens is 1. The predicted octanol–water partition coefficient (Wildman–Crippen LogP) is 1.99. The molecule has 112 valence electrons. The third-order valence-corrected chi connectivity index (χ3v) is 4.15. The van der Waals surface area contributed by atoms with Crippen LogP contribution in [-0.2, 0) is 4.79 Å². The lowest BCUT2D eigenvalue weighted by Gasteiger charge is -2.33. The van der Waals surface area contributed by atoms with Gasteiger partial charge >= 0.3 is 0 Å². The second kappa shape index (κ2) is 6.20. The summed E-state index contributed by atoms with van der Waals surface area (Å²) >= 11 is 5.98. The molecule has 1 saturated carbocycles. The molecule has 1 aliphatic heterocycles. The molecule has 1 aromatic carbocycles. The van der Waals surface area contributed by atoms with Gasteiger partial charge in [0.25, 0.3) is 0 Å². The lowest BCUT2D eigenvalue weighted by Crippen LogP contribution is -2.46. The monoisotopic (exact) mass is 314 g/mol. The molecule has 6 heteroatoms. The molecule has 1 aromatic rings. The first-order chi connectivity index (χ1) is 10.7. The molecular weight excluding hydrogens is 300 g/mol. The summed E-state index contributed by atoms with van der Waals surface area (Å²) in [5.41, 5.74) is 2.57. The molecule has 0 unspecified atom stereocenters. The van der Waals surface area contributed by atoms with Crippen molar-refractivity contribution in [1.29, 1.82) is 5.26 Å². The molecule has 1 amide bonds. The van der Waals surface area contributed by atoms with E-state index in [1.54, 1.807) is 0 Å². The molecular formula is C16H15ClN4O. The first-order valence-corrected chi connectivity index (χ1v) is 7.50. The van der Waals surface area contributed by atoms with Crippen LogP contribution in [0, 0.1) is 17.4 Å². The quantitative estimate of drug-likeness (QED) is 0.659. The molecule has 1 fully saturated rings. The number of amides is 1. The summed E-state index contributed by atoms with van der Waals surface area (Å²) in [6.07, 6.45) is 5.20. The van der Waals surface area contributed by atoms with Gasteiger partial charge < -0.3 is 10.6 Å². The van der Waals surface area contributed by atoms with Crippen LogP contribution in [-0.4, -0.2) is 24.2 Å². The molecule has 0 aromatic heterocycles. The van der Waals surface area contributed by atoms with E-state index in [1.807, 2.05) is 36.5 Å². The SMILES string of the molecule is N#CNC1CC(C(=O)NC2=CC(c3cccc(Cl)c3)=NC2)C1. The molecule has 1 aliphatic carbocycles. The van der Waals surface area contributed by atoms with Crippen LogP contribution in [0.2, 0.25) is 5.02 Å². The standard InChI is InChI=1S/C16H15ClN4O/c17-12-3-1-2-10(4-12)15-7-14(8-19-15)21-16(22)11-5-13(6-11)20-9-18/h1-4,7,11,13,20H,5-6,8H2,(H,21,22). The summed E-state index contributed by atoms with van der Waals surface area (Å²) in [7, 11) is 0. The van der Waals surface area contributed by atoms with E-state index in [1.165, 1.54) is 0 Å². The average Bonchev–Trinajstić information content (AvgIpc) is 2.90. The van der Waals surface area contributed by atoms with Gasteiger partial charge in [0.2, 0.25) is 5.91 Å². The molecule has 3 rings (SSSR count). The maximum atomic E-state index is 12.1. The zero-order valence-electron chi connectivity index (χ0n) is 11.8. The Balaban J connectivity index is 1.56. The number of rotatable bonds is 4. The maximum absolute atomic E-state index is 12.1. The molecule has 0 radical (unpaired) electrons. The summed E-state index contributed by atoms with van der Waals surface area (Å²) in [6, 6.07) is 7.62. The number of aliphatic imine (C=N–C) groups is 1. The van der Waals surface area contributed by atoms with E-state index in [4.69, 9.17) is 16.9 Å². The highest BCUT2D eigenvalue weighted by atomic mass is 35.5. The molecule has 0 spiro atoms. The van der Waals surface area contributed by atoms with Crippen molar-refractivity contribution in [3.63, 3.8) is 0 Å². The van der Waals surface area contributed by atoms with Crippen LogP contribution >= 0.6 is 11.6 Å². The molecule has 0 atom stereocenters. The number of hydrogen-bond donors (Lipinski definition) is 2. The fraction of sp³-hybridized carbons (Fsp3) is 0.312. The zero-order chi connectivity index (χ0) is 15.5. The number of nitriles is 1. The fourth-order valence-electron chi connectivity index (χ4n) is 2.63. The number of nitrogens with zero attached hydrogens (tertiary/aromatic N) is 2. The van der Waals surface area contributed by atoms with Gasteiger partial charge in [-0.2, -0.15) is 5.26 Å². The van der Waals surface area contributed by atoms with Crippen molar-refractivity contribution in [1.82, 2.24) is 10.6 Å². The zero-order valence-corrected chi connectivity index (χ0v) is 12.6. The molecule has 2 N–H and O–H groups in total. The van der Waals surface area contributed by atoms with Gasteiger partial charge in [-0.3, -0.25) is 9.79 Å². The maximum Gasteiger partial charge on any atom is 0.227 e. The minimum atomic E-state index is -0.0260. The Morgan fingerprint density at radius 3 is 2.95 bits per heavy atom. The molecule has 1 heterocycles. The van der Waals surface area contributed by atoms with Crippen LogP contribution in [0.3, 0.4) is 0 Å². The van der Waals surface area contributed by atoms with Crippen LogP contribution in [0.25, 0.3) is 0 Å². The molecule has 2 aliphatic rings. The fourth-order valence-corrected chi connectivity index (χ4v) is 2.82. The van der Waals surface area contributed by atoms with Crippen molar-refractivity contribution in [3.05, 3.63) is 46.6 Å². The Labute approximate surface area is 133 Å². The van der Waals surface area contributed by atoms with Gasteiger partial charge in [0.15, 0.2) is 6.19 Å². The van der Waals surface area contributed by atoms with E-state index in [9.17, 15) is 4.79 Å². The van der Waals surface area contributed by atoms with E-state index in [2.05, 4.69) is 15.6 Å². The largest absolute Gasteiger partial charge is 0.328 e. The topological polar surface area (TPSA) is 77.3 Å². The number of carbonyl (C=O) groups is 1. The van der Waals surface area contributed by atoms with Crippen molar-refractivity contribution in [2.45, 2.75) is 18.9 Å². The third kappa shape index (κ3) is 3.12. The predicted molar refractivity (Wildman–Crippen MR) is 84.3 cm³/mol. The van der Waals surface area contributed by atoms with Crippen molar-refractivity contribution >= 4 is 23.2 Å². The number of hydrogen-bond acceptors (Lipinski definition) is 4. The molecule has 0 saturated heterocycles. The first-order valence-electron chi connectivity index (χ1n) is 7.12. The van der Waals surface area contributed by atoms with Crippen LogP contribution in [0.4, 0.5) is 0 Å². The summed E-state index contributed by atoms with van der Waals surface area (Å²) in [6.45, 7) is 0.472. The van der Waals surface area contributed by atoms with Crippen molar-refractivity contribution in [2.75, 3.05) is 6.54 Å². The van der Waals surface area contributed by atoms with Gasteiger partial charge in [0.1, 0.15) is 0 Å². The van der Waals surface area contributed by atoms with Gasteiger partial charge in [-0.25, -0.2) is 0 Å². The summed E-state index contributed by atoms with van der Waals surface area (Å²) in [5, 5.41) is 14.8. The van der Waals surface area contributed by atoms with Crippen molar-refractivity contribution in [3.8, 4) is 6.19 Å². The lowest BCUT2D eigenvalue weighted by molar-refractivity contribution is -0.127. The van der Waals surface area contributed by atoms with E-state index >= 15 is 0 Å². The Morgan fingerprint density at radius 2 is 2.23 bits per heavy atom.